The summed E-state index contributed by atoms with van der Waals surface area (Å²) < 4.78 is 5.17. The van der Waals surface area contributed by atoms with Gasteiger partial charge in [0.1, 0.15) is 5.75 Å². The molecule has 0 aliphatic heterocycles. The molecule has 1 aliphatic rings. The van der Waals surface area contributed by atoms with Gasteiger partial charge in [-0.15, -0.1) is 0 Å². The van der Waals surface area contributed by atoms with Crippen LogP contribution in [0.3, 0.4) is 0 Å². The average Bonchev–Trinajstić information content (AvgIpc) is 2.19. The number of ether oxygens (including phenoxy) is 1. The monoisotopic (exact) mass is 225 g/mol. The van der Waals surface area contributed by atoms with Gasteiger partial charge in [-0.05, 0) is 30.9 Å². The van der Waals surface area contributed by atoms with Crippen LogP contribution >= 0.6 is 11.6 Å². The second-order valence-electron chi connectivity index (χ2n) is 4.26. The fourth-order valence-corrected chi connectivity index (χ4v) is 2.15. The van der Waals surface area contributed by atoms with E-state index in [4.69, 9.17) is 16.3 Å². The molecule has 0 spiro atoms. The molecule has 15 heavy (non-hydrogen) atoms. The molecule has 1 aromatic rings. The molecule has 0 saturated heterocycles. The molecule has 1 aromatic carbocycles. The van der Waals surface area contributed by atoms with Gasteiger partial charge in [-0.25, -0.2) is 0 Å². The van der Waals surface area contributed by atoms with E-state index in [1.807, 2.05) is 18.2 Å². The van der Waals surface area contributed by atoms with Gasteiger partial charge in [0, 0.05) is 12.1 Å². The topological polar surface area (TPSA) is 21.3 Å². The predicted molar refractivity (Wildman–Crippen MR) is 63.8 cm³/mol. The van der Waals surface area contributed by atoms with Crippen molar-refractivity contribution < 1.29 is 4.74 Å². The first kappa shape index (κ1) is 10.6. The minimum absolute atomic E-state index is 0.574. The molecule has 1 aliphatic carbocycles. The lowest BCUT2D eigenvalue weighted by Gasteiger charge is -2.34. The highest BCUT2D eigenvalue weighted by atomic mass is 35.5. The summed E-state index contributed by atoms with van der Waals surface area (Å²) in [4.78, 5) is 0. The normalized spacial score (nSPS) is 24.5. The van der Waals surface area contributed by atoms with Gasteiger partial charge in [-0.2, -0.15) is 0 Å². The van der Waals surface area contributed by atoms with Crippen LogP contribution < -0.4 is 10.1 Å². The van der Waals surface area contributed by atoms with E-state index in [2.05, 4.69) is 12.2 Å². The first-order valence-electron chi connectivity index (χ1n) is 5.29. The lowest BCUT2D eigenvalue weighted by atomic mass is 9.82. The Morgan fingerprint density at radius 2 is 2.13 bits per heavy atom. The molecule has 0 amide bonds. The fraction of sp³-hybridized carbons (Fsp3) is 0.500. The highest BCUT2D eigenvalue weighted by Gasteiger charge is 2.25. The maximum Gasteiger partial charge on any atom is 0.121 e. The summed E-state index contributed by atoms with van der Waals surface area (Å²) in [6.07, 6.45) is 2.46. The molecular weight excluding hydrogens is 210 g/mol. The Labute approximate surface area is 95.6 Å². The Balaban J connectivity index is 2.06. The SMILES string of the molecule is COc1ccc(Cl)c(NC2CC(C)C2)c1. The first-order chi connectivity index (χ1) is 7.19. The molecule has 3 heteroatoms. The zero-order valence-electron chi connectivity index (χ0n) is 9.09. The van der Waals surface area contributed by atoms with Crippen molar-refractivity contribution in [3.05, 3.63) is 23.2 Å². The van der Waals surface area contributed by atoms with Gasteiger partial charge in [0.05, 0.1) is 17.8 Å². The van der Waals surface area contributed by atoms with Crippen LogP contribution in [0.1, 0.15) is 19.8 Å². The van der Waals surface area contributed by atoms with E-state index < -0.39 is 0 Å². The number of halogens is 1. The third-order valence-electron chi connectivity index (χ3n) is 2.91. The summed E-state index contributed by atoms with van der Waals surface area (Å²) in [7, 11) is 1.67. The van der Waals surface area contributed by atoms with Crippen LogP contribution in [0.4, 0.5) is 5.69 Å². The molecule has 0 radical (unpaired) electrons. The van der Waals surface area contributed by atoms with E-state index in [0.29, 0.717) is 6.04 Å². The number of benzene rings is 1. The molecule has 0 unspecified atom stereocenters. The Morgan fingerprint density at radius 1 is 1.40 bits per heavy atom. The van der Waals surface area contributed by atoms with Crippen LogP contribution in [0.25, 0.3) is 0 Å². The van der Waals surface area contributed by atoms with Gasteiger partial charge in [0.25, 0.3) is 0 Å². The predicted octanol–water partition coefficient (Wildman–Crippen LogP) is 3.56. The summed E-state index contributed by atoms with van der Waals surface area (Å²) in [6.45, 7) is 2.27. The molecule has 1 N–H and O–H groups in total. The van der Waals surface area contributed by atoms with Gasteiger partial charge in [0.2, 0.25) is 0 Å². The van der Waals surface area contributed by atoms with Crippen LogP contribution in [0.5, 0.6) is 5.75 Å². The van der Waals surface area contributed by atoms with Crippen molar-refractivity contribution in [1.82, 2.24) is 0 Å². The zero-order chi connectivity index (χ0) is 10.8. The fourth-order valence-electron chi connectivity index (χ4n) is 1.98. The van der Waals surface area contributed by atoms with Gasteiger partial charge in [0.15, 0.2) is 0 Å². The van der Waals surface area contributed by atoms with Crippen LogP contribution in [0, 0.1) is 5.92 Å². The maximum absolute atomic E-state index is 6.10. The smallest absolute Gasteiger partial charge is 0.121 e. The van der Waals surface area contributed by atoms with E-state index in [0.717, 1.165) is 22.4 Å². The summed E-state index contributed by atoms with van der Waals surface area (Å²) in [5, 5.41) is 4.20. The number of hydrogen-bond donors (Lipinski definition) is 1. The number of methoxy groups -OCH3 is 1. The first-order valence-corrected chi connectivity index (χ1v) is 5.67. The highest BCUT2D eigenvalue weighted by molar-refractivity contribution is 6.33. The quantitative estimate of drug-likeness (QED) is 0.850. The highest BCUT2D eigenvalue weighted by Crippen LogP contribution is 2.33. The zero-order valence-corrected chi connectivity index (χ0v) is 9.84. The van der Waals surface area contributed by atoms with E-state index in [1.165, 1.54) is 12.8 Å². The molecule has 0 bridgehead atoms. The molecular formula is C12H16ClNO. The molecule has 0 heterocycles. The van der Waals surface area contributed by atoms with Crippen LogP contribution in [0.15, 0.2) is 18.2 Å². The van der Waals surface area contributed by atoms with Crippen molar-refractivity contribution in [2.75, 3.05) is 12.4 Å². The van der Waals surface area contributed by atoms with E-state index in [-0.39, 0.29) is 0 Å². The lowest BCUT2D eigenvalue weighted by Crippen LogP contribution is -2.33. The third-order valence-corrected chi connectivity index (χ3v) is 3.24. The summed E-state index contributed by atoms with van der Waals surface area (Å²) in [5.41, 5.74) is 0.980. The van der Waals surface area contributed by atoms with Gasteiger partial charge >= 0.3 is 0 Å². The third kappa shape index (κ3) is 2.37. The second-order valence-corrected chi connectivity index (χ2v) is 4.67. The standard InChI is InChI=1S/C12H16ClNO/c1-8-5-9(6-8)14-12-7-10(15-2)3-4-11(12)13/h3-4,7-9,14H,5-6H2,1-2H3. The minimum atomic E-state index is 0.574. The molecule has 2 rings (SSSR count). The number of nitrogens with one attached hydrogen (secondary N) is 1. The van der Waals surface area contributed by atoms with Crippen LogP contribution in [-0.2, 0) is 0 Å². The maximum atomic E-state index is 6.10. The largest absolute Gasteiger partial charge is 0.497 e. The molecule has 82 valence electrons. The van der Waals surface area contributed by atoms with Crippen molar-refractivity contribution >= 4 is 17.3 Å². The number of rotatable bonds is 3. The van der Waals surface area contributed by atoms with Gasteiger partial charge < -0.3 is 10.1 Å². The second kappa shape index (κ2) is 4.31. The van der Waals surface area contributed by atoms with Crippen molar-refractivity contribution in [3.8, 4) is 5.75 Å². The van der Waals surface area contributed by atoms with Crippen molar-refractivity contribution in [1.29, 1.82) is 0 Å². The summed E-state index contributed by atoms with van der Waals surface area (Å²) >= 11 is 6.10. The Morgan fingerprint density at radius 3 is 2.73 bits per heavy atom. The van der Waals surface area contributed by atoms with Crippen LogP contribution in [0.2, 0.25) is 5.02 Å². The minimum Gasteiger partial charge on any atom is -0.497 e. The molecule has 2 nitrogen and oxygen atoms in total. The van der Waals surface area contributed by atoms with E-state index >= 15 is 0 Å². The number of anilines is 1. The van der Waals surface area contributed by atoms with E-state index in [9.17, 15) is 0 Å². The van der Waals surface area contributed by atoms with Crippen molar-refractivity contribution in [2.45, 2.75) is 25.8 Å². The molecule has 0 aromatic heterocycles. The van der Waals surface area contributed by atoms with E-state index in [1.54, 1.807) is 7.11 Å². The number of hydrogen-bond acceptors (Lipinski definition) is 2. The summed E-state index contributed by atoms with van der Waals surface area (Å²) in [6, 6.07) is 6.26. The van der Waals surface area contributed by atoms with Crippen LogP contribution in [-0.4, -0.2) is 13.2 Å². The molecule has 0 atom stereocenters. The molecule has 1 fully saturated rings. The Bertz CT molecular complexity index is 347. The van der Waals surface area contributed by atoms with Crippen molar-refractivity contribution in [2.24, 2.45) is 5.92 Å². The summed E-state index contributed by atoms with van der Waals surface area (Å²) in [5.74, 6) is 1.68. The Hall–Kier alpha value is -0.890. The lowest BCUT2D eigenvalue weighted by molar-refractivity contribution is 0.309. The van der Waals surface area contributed by atoms with Gasteiger partial charge in [-0.1, -0.05) is 18.5 Å². The Kier molecular flexibility index (Phi) is 3.06. The van der Waals surface area contributed by atoms with Crippen molar-refractivity contribution in [3.63, 3.8) is 0 Å². The van der Waals surface area contributed by atoms with Gasteiger partial charge in [-0.3, -0.25) is 0 Å². The molecule has 1 saturated carbocycles. The average molecular weight is 226 g/mol.